The molecule has 20 heavy (non-hydrogen) atoms. The number of aromatic nitrogens is 2. The van der Waals surface area contributed by atoms with Gasteiger partial charge in [-0.2, -0.15) is 0 Å². The number of rotatable bonds is 5. The van der Waals surface area contributed by atoms with E-state index in [2.05, 4.69) is 14.7 Å². The topological polar surface area (TPSA) is 98.0 Å². The summed E-state index contributed by atoms with van der Waals surface area (Å²) in [6.07, 6.45) is 2.82. The molecular formula is C12H13FN4O2S. The zero-order chi connectivity index (χ0) is 14.6. The van der Waals surface area contributed by atoms with Crippen LogP contribution < -0.4 is 10.5 Å². The Morgan fingerprint density at radius 2 is 2.10 bits per heavy atom. The van der Waals surface area contributed by atoms with E-state index in [0.717, 1.165) is 6.07 Å². The lowest BCUT2D eigenvalue weighted by Crippen LogP contribution is -2.25. The SMILES string of the molecule is NCc1ccc(F)cc1S(=O)(=O)NCc1ccncn1. The molecule has 106 valence electrons. The van der Waals surface area contributed by atoms with E-state index in [1.54, 1.807) is 6.07 Å². The molecule has 3 N–H and O–H groups in total. The molecule has 0 unspecified atom stereocenters. The predicted molar refractivity (Wildman–Crippen MR) is 70.3 cm³/mol. The Morgan fingerprint density at radius 1 is 1.30 bits per heavy atom. The van der Waals surface area contributed by atoms with Gasteiger partial charge in [-0.3, -0.25) is 0 Å². The third-order valence-electron chi connectivity index (χ3n) is 2.63. The highest BCUT2D eigenvalue weighted by Crippen LogP contribution is 2.17. The van der Waals surface area contributed by atoms with Gasteiger partial charge in [-0.1, -0.05) is 6.07 Å². The highest BCUT2D eigenvalue weighted by Gasteiger charge is 2.18. The molecule has 0 saturated carbocycles. The largest absolute Gasteiger partial charge is 0.326 e. The minimum Gasteiger partial charge on any atom is -0.326 e. The first kappa shape index (κ1) is 14.5. The van der Waals surface area contributed by atoms with Crippen molar-refractivity contribution in [1.29, 1.82) is 0 Å². The number of hydrogen-bond donors (Lipinski definition) is 2. The van der Waals surface area contributed by atoms with E-state index in [0.29, 0.717) is 11.3 Å². The summed E-state index contributed by atoms with van der Waals surface area (Å²) in [4.78, 5) is 7.47. The smallest absolute Gasteiger partial charge is 0.241 e. The Bertz CT molecular complexity index is 692. The van der Waals surface area contributed by atoms with Crippen molar-refractivity contribution in [3.8, 4) is 0 Å². The van der Waals surface area contributed by atoms with Crippen LogP contribution in [0.4, 0.5) is 4.39 Å². The highest BCUT2D eigenvalue weighted by atomic mass is 32.2. The van der Waals surface area contributed by atoms with Crippen LogP contribution in [0.15, 0.2) is 41.7 Å². The molecule has 0 radical (unpaired) electrons. The number of benzene rings is 1. The molecule has 0 saturated heterocycles. The molecule has 0 amide bonds. The van der Waals surface area contributed by atoms with E-state index in [9.17, 15) is 12.8 Å². The van der Waals surface area contributed by atoms with Gasteiger partial charge in [0.15, 0.2) is 0 Å². The predicted octanol–water partition coefficient (Wildman–Crippen LogP) is 0.553. The highest BCUT2D eigenvalue weighted by molar-refractivity contribution is 7.89. The maximum Gasteiger partial charge on any atom is 0.241 e. The Hall–Kier alpha value is -1.90. The van der Waals surface area contributed by atoms with E-state index in [4.69, 9.17) is 5.73 Å². The number of sulfonamides is 1. The molecule has 0 atom stereocenters. The van der Waals surface area contributed by atoms with Crippen molar-refractivity contribution in [2.75, 3.05) is 0 Å². The quantitative estimate of drug-likeness (QED) is 0.839. The zero-order valence-corrected chi connectivity index (χ0v) is 11.3. The van der Waals surface area contributed by atoms with Crippen LogP contribution in [0.25, 0.3) is 0 Å². The van der Waals surface area contributed by atoms with Crippen molar-refractivity contribution in [3.05, 3.63) is 53.9 Å². The van der Waals surface area contributed by atoms with Crippen LogP contribution >= 0.6 is 0 Å². The molecule has 0 aliphatic heterocycles. The van der Waals surface area contributed by atoms with Crippen molar-refractivity contribution in [2.24, 2.45) is 5.73 Å². The molecule has 0 aliphatic carbocycles. The van der Waals surface area contributed by atoms with Gasteiger partial charge in [-0.05, 0) is 23.8 Å². The molecule has 0 fully saturated rings. The number of hydrogen-bond acceptors (Lipinski definition) is 5. The standard InChI is InChI=1S/C12H13FN4O2S/c13-10-2-1-9(6-14)12(5-10)20(18,19)17-7-11-3-4-15-8-16-11/h1-5,8,17H,6-7,14H2. The molecule has 0 bridgehead atoms. The van der Waals surface area contributed by atoms with Crippen molar-refractivity contribution in [3.63, 3.8) is 0 Å². The van der Waals surface area contributed by atoms with Gasteiger partial charge in [-0.25, -0.2) is 27.5 Å². The minimum atomic E-state index is -3.85. The second-order valence-corrected chi connectivity index (χ2v) is 5.72. The summed E-state index contributed by atoms with van der Waals surface area (Å²) in [5, 5.41) is 0. The van der Waals surface area contributed by atoms with E-state index >= 15 is 0 Å². The van der Waals surface area contributed by atoms with Crippen LogP contribution in [-0.2, 0) is 23.1 Å². The van der Waals surface area contributed by atoms with E-state index < -0.39 is 15.8 Å². The number of nitrogens with one attached hydrogen (secondary N) is 1. The van der Waals surface area contributed by atoms with Gasteiger partial charge in [0.1, 0.15) is 12.1 Å². The molecule has 0 aliphatic rings. The molecule has 1 aromatic carbocycles. The Balaban J connectivity index is 2.24. The summed E-state index contributed by atoms with van der Waals surface area (Å²) >= 11 is 0. The number of nitrogens with two attached hydrogens (primary N) is 1. The van der Waals surface area contributed by atoms with Crippen LogP contribution in [0.3, 0.4) is 0 Å². The first-order valence-corrected chi connectivity index (χ1v) is 7.24. The Morgan fingerprint density at radius 3 is 2.75 bits per heavy atom. The van der Waals surface area contributed by atoms with Crippen LogP contribution in [0.2, 0.25) is 0 Å². The van der Waals surface area contributed by atoms with E-state index in [1.165, 1.54) is 24.7 Å². The lowest BCUT2D eigenvalue weighted by Gasteiger charge is -2.10. The Labute approximate surface area is 115 Å². The summed E-state index contributed by atoms with van der Waals surface area (Å²) in [7, 11) is -3.85. The maximum absolute atomic E-state index is 13.2. The molecule has 2 aromatic rings. The van der Waals surface area contributed by atoms with Crippen molar-refractivity contribution < 1.29 is 12.8 Å². The molecule has 1 aromatic heterocycles. The van der Waals surface area contributed by atoms with Crippen molar-refractivity contribution in [2.45, 2.75) is 18.0 Å². The molecule has 8 heteroatoms. The lowest BCUT2D eigenvalue weighted by atomic mass is 10.2. The van der Waals surface area contributed by atoms with Crippen LogP contribution in [0.1, 0.15) is 11.3 Å². The third kappa shape index (κ3) is 3.35. The van der Waals surface area contributed by atoms with Crippen LogP contribution in [-0.4, -0.2) is 18.4 Å². The van der Waals surface area contributed by atoms with Gasteiger partial charge in [0.05, 0.1) is 17.1 Å². The first-order valence-electron chi connectivity index (χ1n) is 5.76. The van der Waals surface area contributed by atoms with Gasteiger partial charge < -0.3 is 5.73 Å². The van der Waals surface area contributed by atoms with Crippen molar-refractivity contribution in [1.82, 2.24) is 14.7 Å². The average molecular weight is 296 g/mol. The molecule has 6 nitrogen and oxygen atoms in total. The monoisotopic (exact) mass is 296 g/mol. The van der Waals surface area contributed by atoms with Gasteiger partial charge in [0.2, 0.25) is 10.0 Å². The zero-order valence-electron chi connectivity index (χ0n) is 10.5. The van der Waals surface area contributed by atoms with E-state index in [-0.39, 0.29) is 18.0 Å². The summed E-state index contributed by atoms with van der Waals surface area (Å²) in [5.41, 5.74) is 6.33. The van der Waals surface area contributed by atoms with Crippen LogP contribution in [0, 0.1) is 5.82 Å². The molecule has 2 rings (SSSR count). The Kier molecular flexibility index (Phi) is 4.38. The summed E-state index contributed by atoms with van der Waals surface area (Å²) in [6, 6.07) is 5.06. The summed E-state index contributed by atoms with van der Waals surface area (Å²) in [6.45, 7) is -0.00456. The second-order valence-electron chi connectivity index (χ2n) is 3.98. The molecule has 0 spiro atoms. The number of halogens is 1. The van der Waals surface area contributed by atoms with E-state index in [1.807, 2.05) is 0 Å². The maximum atomic E-state index is 13.2. The summed E-state index contributed by atoms with van der Waals surface area (Å²) < 4.78 is 39.9. The fraction of sp³-hybridized carbons (Fsp3) is 0.167. The third-order valence-corrected chi connectivity index (χ3v) is 4.11. The average Bonchev–Trinajstić information content (AvgIpc) is 2.46. The second kappa shape index (κ2) is 6.04. The number of nitrogens with zero attached hydrogens (tertiary/aromatic N) is 2. The fourth-order valence-electron chi connectivity index (χ4n) is 1.62. The minimum absolute atomic E-state index is 0.00400. The lowest BCUT2D eigenvalue weighted by molar-refractivity contribution is 0.574. The first-order chi connectivity index (χ1) is 9.53. The molecule has 1 heterocycles. The van der Waals surface area contributed by atoms with Crippen molar-refractivity contribution >= 4 is 10.0 Å². The van der Waals surface area contributed by atoms with Gasteiger partial charge in [-0.15, -0.1) is 0 Å². The van der Waals surface area contributed by atoms with Gasteiger partial charge in [0.25, 0.3) is 0 Å². The van der Waals surface area contributed by atoms with Crippen LogP contribution in [0.5, 0.6) is 0 Å². The van der Waals surface area contributed by atoms with Gasteiger partial charge in [0, 0.05) is 12.7 Å². The molecular weight excluding hydrogens is 283 g/mol. The van der Waals surface area contributed by atoms with Gasteiger partial charge >= 0.3 is 0 Å². The fourth-order valence-corrected chi connectivity index (χ4v) is 2.87. The normalized spacial score (nSPS) is 11.5. The summed E-state index contributed by atoms with van der Waals surface area (Å²) in [5.74, 6) is -0.635.